The Morgan fingerprint density at radius 3 is 2.75 bits per heavy atom. The van der Waals surface area contributed by atoms with Gasteiger partial charge >= 0.3 is 0 Å². The second-order valence-corrected chi connectivity index (χ2v) is 6.74. The molecule has 0 unspecified atom stereocenters. The Morgan fingerprint density at radius 1 is 1.21 bits per heavy atom. The fraction of sp³-hybridized carbons (Fsp3) is 0.200. The van der Waals surface area contributed by atoms with Crippen molar-refractivity contribution in [2.75, 3.05) is 6.54 Å². The molecule has 0 fully saturated rings. The van der Waals surface area contributed by atoms with Crippen molar-refractivity contribution in [3.05, 3.63) is 85.8 Å². The molecule has 2 N–H and O–H groups in total. The Hall–Kier alpha value is -3.52. The fourth-order valence-electron chi connectivity index (χ4n) is 3.40. The zero-order valence-electron chi connectivity index (χ0n) is 15.0. The number of aromatic nitrogens is 2. The molecule has 8 nitrogen and oxygen atoms in total. The summed E-state index contributed by atoms with van der Waals surface area (Å²) in [7, 11) is 0. The molecule has 0 amide bonds. The molecule has 1 aliphatic heterocycles. The molecular weight excluding hydrogens is 360 g/mol. The van der Waals surface area contributed by atoms with Gasteiger partial charge in [-0.3, -0.25) is 19.8 Å². The number of nitrogens with zero attached hydrogens (tertiary/aromatic N) is 3. The summed E-state index contributed by atoms with van der Waals surface area (Å²) in [5.41, 5.74) is 2.42. The Morgan fingerprint density at radius 2 is 2.00 bits per heavy atom. The van der Waals surface area contributed by atoms with Gasteiger partial charge in [0.1, 0.15) is 11.6 Å². The van der Waals surface area contributed by atoms with Crippen LogP contribution >= 0.6 is 0 Å². The van der Waals surface area contributed by atoms with Crippen LogP contribution in [0.1, 0.15) is 16.8 Å². The van der Waals surface area contributed by atoms with Crippen LogP contribution in [0.5, 0.6) is 5.75 Å². The van der Waals surface area contributed by atoms with Gasteiger partial charge in [-0.25, -0.2) is 4.98 Å². The molecule has 0 radical (unpaired) electrons. The van der Waals surface area contributed by atoms with Gasteiger partial charge in [0.15, 0.2) is 0 Å². The topological polar surface area (TPSA) is 112 Å². The number of nitro benzene ring substituents is 1. The molecule has 0 saturated heterocycles. The van der Waals surface area contributed by atoms with Crippen molar-refractivity contribution in [2.45, 2.75) is 19.5 Å². The second-order valence-electron chi connectivity index (χ2n) is 6.74. The molecule has 3 aromatic rings. The highest BCUT2D eigenvalue weighted by Crippen LogP contribution is 2.26. The molecule has 8 heteroatoms. The van der Waals surface area contributed by atoms with Gasteiger partial charge in [-0.1, -0.05) is 30.3 Å². The van der Waals surface area contributed by atoms with Crippen molar-refractivity contribution < 1.29 is 10.0 Å². The van der Waals surface area contributed by atoms with Gasteiger partial charge in [-0.2, -0.15) is 0 Å². The summed E-state index contributed by atoms with van der Waals surface area (Å²) in [4.78, 5) is 32.5. The van der Waals surface area contributed by atoms with E-state index in [1.165, 1.54) is 18.2 Å². The molecule has 2 aromatic carbocycles. The molecule has 0 saturated carbocycles. The van der Waals surface area contributed by atoms with Crippen LogP contribution in [0.4, 0.5) is 5.69 Å². The molecule has 142 valence electrons. The second kappa shape index (κ2) is 7.24. The molecule has 0 bridgehead atoms. The lowest BCUT2D eigenvalue weighted by Crippen LogP contribution is -2.35. The molecule has 0 aliphatic carbocycles. The number of H-pyrrole nitrogens is 1. The molecule has 2 heterocycles. The standard InChI is InChI=1S/C20H18N4O4/c25-18-7-6-15(24(27)28)10-14(18)11-23-9-8-17-16(12-23)20(26)22-19(21-17)13-4-2-1-3-5-13/h1-7,10,25H,8-9,11-12H2,(H,21,22,26). The van der Waals surface area contributed by atoms with E-state index in [1.807, 2.05) is 35.2 Å². The number of non-ortho nitro benzene ring substituents is 1. The van der Waals surface area contributed by atoms with Crippen LogP contribution in [0.2, 0.25) is 0 Å². The lowest BCUT2D eigenvalue weighted by Gasteiger charge is -2.27. The van der Waals surface area contributed by atoms with Gasteiger partial charge in [-0.05, 0) is 6.07 Å². The lowest BCUT2D eigenvalue weighted by molar-refractivity contribution is -0.385. The minimum Gasteiger partial charge on any atom is -0.508 e. The van der Waals surface area contributed by atoms with Crippen molar-refractivity contribution in [1.82, 2.24) is 14.9 Å². The van der Waals surface area contributed by atoms with Crippen LogP contribution in [0, 0.1) is 10.1 Å². The van der Waals surface area contributed by atoms with E-state index < -0.39 is 4.92 Å². The Balaban J connectivity index is 1.58. The summed E-state index contributed by atoms with van der Waals surface area (Å²) < 4.78 is 0. The number of phenols is 1. The van der Waals surface area contributed by atoms with E-state index in [0.29, 0.717) is 43.0 Å². The van der Waals surface area contributed by atoms with Crippen LogP contribution in [0.15, 0.2) is 53.3 Å². The minimum absolute atomic E-state index is 0.00265. The average Bonchev–Trinajstić information content (AvgIpc) is 2.70. The number of nitrogens with one attached hydrogen (secondary N) is 1. The predicted molar refractivity (Wildman–Crippen MR) is 103 cm³/mol. The Labute approximate surface area is 160 Å². The number of phenolic OH excluding ortho intramolecular Hbond substituents is 1. The summed E-state index contributed by atoms with van der Waals surface area (Å²) in [5.74, 6) is 0.553. The summed E-state index contributed by atoms with van der Waals surface area (Å²) in [6.45, 7) is 1.32. The van der Waals surface area contributed by atoms with Crippen molar-refractivity contribution in [3.63, 3.8) is 0 Å². The third-order valence-corrected chi connectivity index (χ3v) is 4.86. The number of hydrogen-bond acceptors (Lipinski definition) is 6. The van der Waals surface area contributed by atoms with E-state index in [4.69, 9.17) is 0 Å². The SMILES string of the molecule is O=c1[nH]c(-c2ccccc2)nc2c1CN(Cc1cc([N+](=O)[O-])ccc1O)CC2. The van der Waals surface area contributed by atoms with E-state index in [9.17, 15) is 20.0 Å². The molecule has 0 atom stereocenters. The summed E-state index contributed by atoms with van der Waals surface area (Å²) in [6.07, 6.45) is 0.592. The number of hydrogen-bond donors (Lipinski definition) is 2. The first-order valence-electron chi connectivity index (χ1n) is 8.87. The number of benzene rings is 2. The van der Waals surface area contributed by atoms with Crippen LogP contribution in [0.3, 0.4) is 0 Å². The van der Waals surface area contributed by atoms with Gasteiger partial charge in [0, 0.05) is 49.3 Å². The van der Waals surface area contributed by atoms with E-state index in [0.717, 1.165) is 11.3 Å². The van der Waals surface area contributed by atoms with E-state index in [2.05, 4.69) is 9.97 Å². The smallest absolute Gasteiger partial charge is 0.270 e. The van der Waals surface area contributed by atoms with Gasteiger partial charge in [-0.15, -0.1) is 0 Å². The molecular formula is C20H18N4O4. The average molecular weight is 378 g/mol. The first-order valence-corrected chi connectivity index (χ1v) is 8.87. The number of aromatic hydroxyl groups is 1. The van der Waals surface area contributed by atoms with E-state index in [-0.39, 0.29) is 17.0 Å². The van der Waals surface area contributed by atoms with Crippen molar-refractivity contribution in [3.8, 4) is 17.1 Å². The Bertz CT molecular complexity index is 1100. The Kier molecular flexibility index (Phi) is 4.62. The maximum Gasteiger partial charge on any atom is 0.270 e. The fourth-order valence-corrected chi connectivity index (χ4v) is 3.40. The van der Waals surface area contributed by atoms with Gasteiger partial charge in [0.2, 0.25) is 0 Å². The highest BCUT2D eigenvalue weighted by atomic mass is 16.6. The molecule has 28 heavy (non-hydrogen) atoms. The first-order chi connectivity index (χ1) is 13.5. The highest BCUT2D eigenvalue weighted by molar-refractivity contribution is 5.54. The predicted octanol–water partition coefficient (Wildman–Crippen LogP) is 2.61. The molecule has 1 aromatic heterocycles. The zero-order chi connectivity index (χ0) is 19.7. The molecule has 4 rings (SSSR count). The van der Waals surface area contributed by atoms with Crippen molar-refractivity contribution in [2.24, 2.45) is 0 Å². The monoisotopic (exact) mass is 378 g/mol. The van der Waals surface area contributed by atoms with Crippen LogP contribution in [-0.4, -0.2) is 31.4 Å². The van der Waals surface area contributed by atoms with E-state index >= 15 is 0 Å². The molecule has 1 aliphatic rings. The largest absolute Gasteiger partial charge is 0.508 e. The summed E-state index contributed by atoms with van der Waals surface area (Å²) in [5, 5.41) is 21.0. The van der Waals surface area contributed by atoms with Gasteiger partial charge in [0.25, 0.3) is 11.2 Å². The first kappa shape index (κ1) is 17.9. The summed E-state index contributed by atoms with van der Waals surface area (Å²) in [6, 6.07) is 13.4. The number of nitro groups is 1. The maximum atomic E-state index is 12.6. The van der Waals surface area contributed by atoms with E-state index in [1.54, 1.807) is 0 Å². The number of aromatic amines is 1. The normalized spacial score (nSPS) is 13.9. The lowest BCUT2D eigenvalue weighted by atomic mass is 10.0. The highest BCUT2D eigenvalue weighted by Gasteiger charge is 2.23. The van der Waals surface area contributed by atoms with Gasteiger partial charge < -0.3 is 10.1 Å². The maximum absolute atomic E-state index is 12.6. The van der Waals surface area contributed by atoms with Crippen LogP contribution < -0.4 is 5.56 Å². The number of rotatable bonds is 4. The molecule has 0 spiro atoms. The van der Waals surface area contributed by atoms with Crippen LogP contribution in [-0.2, 0) is 19.5 Å². The third kappa shape index (κ3) is 3.49. The van der Waals surface area contributed by atoms with Crippen molar-refractivity contribution in [1.29, 1.82) is 0 Å². The van der Waals surface area contributed by atoms with Gasteiger partial charge in [0.05, 0.1) is 16.2 Å². The number of fused-ring (bicyclic) bond motifs is 1. The van der Waals surface area contributed by atoms with Crippen molar-refractivity contribution >= 4 is 5.69 Å². The third-order valence-electron chi connectivity index (χ3n) is 4.86. The quantitative estimate of drug-likeness (QED) is 0.533. The zero-order valence-corrected chi connectivity index (χ0v) is 15.0. The summed E-state index contributed by atoms with van der Waals surface area (Å²) >= 11 is 0. The minimum atomic E-state index is -0.492. The van der Waals surface area contributed by atoms with Crippen LogP contribution in [0.25, 0.3) is 11.4 Å².